The van der Waals surface area contributed by atoms with Crippen LogP contribution in [0.5, 0.6) is 0 Å². The molecule has 0 aliphatic heterocycles. The monoisotopic (exact) mass is 323 g/mol. The Kier molecular flexibility index (Phi) is 5.32. The first kappa shape index (κ1) is 16.0. The van der Waals surface area contributed by atoms with Crippen molar-refractivity contribution in [1.82, 2.24) is 5.32 Å². The van der Waals surface area contributed by atoms with Gasteiger partial charge in [0.1, 0.15) is 0 Å². The van der Waals surface area contributed by atoms with Crippen molar-refractivity contribution >= 4 is 22.4 Å². The molecule has 0 aliphatic rings. The minimum Gasteiger partial charge on any atom is -0.313 e. The molecule has 3 aromatic carbocycles. The van der Waals surface area contributed by atoms with E-state index in [9.17, 15) is 0 Å². The van der Waals surface area contributed by atoms with Crippen molar-refractivity contribution < 1.29 is 0 Å². The summed E-state index contributed by atoms with van der Waals surface area (Å²) in [5.74, 6) is 0. The summed E-state index contributed by atoms with van der Waals surface area (Å²) in [5, 5.41) is 6.84. The highest BCUT2D eigenvalue weighted by molar-refractivity contribution is 6.30. The SMILES string of the molecule is CNC(CCCc1ccc2ccccc2c1)c1ccc(Cl)cc1. The van der Waals surface area contributed by atoms with Crippen LogP contribution in [0.15, 0.2) is 66.7 Å². The normalized spacial score (nSPS) is 12.4. The van der Waals surface area contributed by atoms with Crippen LogP contribution in [0.4, 0.5) is 0 Å². The average molecular weight is 324 g/mol. The first-order valence-corrected chi connectivity index (χ1v) is 8.54. The van der Waals surface area contributed by atoms with Gasteiger partial charge in [0.2, 0.25) is 0 Å². The fourth-order valence-electron chi connectivity index (χ4n) is 3.08. The highest BCUT2D eigenvalue weighted by Gasteiger charge is 2.09. The van der Waals surface area contributed by atoms with Crippen LogP contribution < -0.4 is 5.32 Å². The highest BCUT2D eigenvalue weighted by atomic mass is 35.5. The van der Waals surface area contributed by atoms with Gasteiger partial charge in [-0.15, -0.1) is 0 Å². The Morgan fingerprint density at radius 1 is 0.913 bits per heavy atom. The van der Waals surface area contributed by atoms with Crippen LogP contribution in [-0.2, 0) is 6.42 Å². The molecule has 0 saturated heterocycles. The van der Waals surface area contributed by atoms with E-state index in [4.69, 9.17) is 11.6 Å². The van der Waals surface area contributed by atoms with Gasteiger partial charge in [-0.2, -0.15) is 0 Å². The first-order valence-electron chi connectivity index (χ1n) is 8.16. The Morgan fingerprint density at radius 3 is 2.39 bits per heavy atom. The Labute approximate surface area is 143 Å². The molecule has 0 bridgehead atoms. The summed E-state index contributed by atoms with van der Waals surface area (Å²) in [5.41, 5.74) is 2.71. The van der Waals surface area contributed by atoms with Crippen LogP contribution in [0.2, 0.25) is 5.02 Å². The molecule has 0 radical (unpaired) electrons. The van der Waals surface area contributed by atoms with E-state index in [1.807, 2.05) is 19.2 Å². The van der Waals surface area contributed by atoms with Crippen molar-refractivity contribution in [3.05, 3.63) is 82.9 Å². The van der Waals surface area contributed by atoms with Crippen molar-refractivity contribution in [2.75, 3.05) is 7.05 Å². The Morgan fingerprint density at radius 2 is 1.65 bits per heavy atom. The molecule has 0 heterocycles. The molecule has 3 aromatic rings. The molecule has 1 N–H and O–H groups in total. The topological polar surface area (TPSA) is 12.0 Å². The molecule has 1 atom stereocenters. The van der Waals surface area contributed by atoms with Gasteiger partial charge in [-0.05, 0) is 60.3 Å². The average Bonchev–Trinajstić information content (AvgIpc) is 2.60. The number of hydrogen-bond acceptors (Lipinski definition) is 1. The molecule has 0 amide bonds. The number of rotatable bonds is 6. The van der Waals surface area contributed by atoms with Gasteiger partial charge >= 0.3 is 0 Å². The zero-order chi connectivity index (χ0) is 16.1. The number of benzene rings is 3. The van der Waals surface area contributed by atoms with Crippen molar-refractivity contribution in [2.24, 2.45) is 0 Å². The van der Waals surface area contributed by atoms with Gasteiger partial charge in [0.25, 0.3) is 0 Å². The van der Waals surface area contributed by atoms with Gasteiger partial charge in [-0.25, -0.2) is 0 Å². The van der Waals surface area contributed by atoms with Crippen LogP contribution in [0.3, 0.4) is 0 Å². The smallest absolute Gasteiger partial charge is 0.0406 e. The van der Waals surface area contributed by atoms with Crippen LogP contribution in [0.25, 0.3) is 10.8 Å². The summed E-state index contributed by atoms with van der Waals surface area (Å²) in [7, 11) is 2.02. The zero-order valence-electron chi connectivity index (χ0n) is 13.4. The molecule has 118 valence electrons. The Hall–Kier alpha value is -1.83. The van der Waals surface area contributed by atoms with Gasteiger partial charge < -0.3 is 5.32 Å². The van der Waals surface area contributed by atoms with E-state index in [1.165, 1.54) is 21.9 Å². The molecule has 23 heavy (non-hydrogen) atoms. The quantitative estimate of drug-likeness (QED) is 0.606. The summed E-state index contributed by atoms with van der Waals surface area (Å²) in [4.78, 5) is 0. The second-order valence-electron chi connectivity index (χ2n) is 5.97. The molecular formula is C21H22ClN. The van der Waals surface area contributed by atoms with E-state index in [0.717, 1.165) is 24.3 Å². The van der Waals surface area contributed by atoms with Crippen LogP contribution in [0.1, 0.15) is 30.0 Å². The molecule has 0 saturated carbocycles. The lowest BCUT2D eigenvalue weighted by Gasteiger charge is -2.16. The predicted octanol–water partition coefficient (Wildman–Crippen LogP) is 5.78. The first-order chi connectivity index (χ1) is 11.3. The summed E-state index contributed by atoms with van der Waals surface area (Å²) in [6, 6.07) is 23.8. The van der Waals surface area contributed by atoms with Crippen molar-refractivity contribution in [2.45, 2.75) is 25.3 Å². The van der Waals surface area contributed by atoms with Crippen LogP contribution >= 0.6 is 11.6 Å². The van der Waals surface area contributed by atoms with Gasteiger partial charge in [0.15, 0.2) is 0 Å². The predicted molar refractivity (Wildman–Crippen MR) is 100 cm³/mol. The lowest BCUT2D eigenvalue weighted by molar-refractivity contribution is 0.527. The molecule has 1 unspecified atom stereocenters. The number of aryl methyl sites for hydroxylation is 1. The molecule has 0 aliphatic carbocycles. The standard InChI is InChI=1S/C21H22ClN/c1-23-21(18-11-13-20(22)14-12-18)8-4-5-16-9-10-17-6-2-3-7-19(17)15-16/h2-3,6-7,9-15,21,23H,4-5,8H2,1H3. The third kappa shape index (κ3) is 4.13. The molecule has 1 nitrogen and oxygen atoms in total. The lowest BCUT2D eigenvalue weighted by atomic mass is 9.98. The maximum absolute atomic E-state index is 5.97. The second kappa shape index (κ2) is 7.63. The molecule has 0 spiro atoms. The van der Waals surface area contributed by atoms with Crippen LogP contribution in [-0.4, -0.2) is 7.05 Å². The van der Waals surface area contributed by atoms with Gasteiger partial charge in [0, 0.05) is 11.1 Å². The van der Waals surface area contributed by atoms with E-state index in [0.29, 0.717) is 6.04 Å². The molecule has 0 aromatic heterocycles. The van der Waals surface area contributed by atoms with E-state index in [1.54, 1.807) is 0 Å². The molecular weight excluding hydrogens is 302 g/mol. The highest BCUT2D eigenvalue weighted by Crippen LogP contribution is 2.22. The lowest BCUT2D eigenvalue weighted by Crippen LogP contribution is -2.16. The van der Waals surface area contributed by atoms with Gasteiger partial charge in [-0.1, -0.05) is 66.2 Å². The Bertz CT molecular complexity index is 764. The van der Waals surface area contributed by atoms with Crippen molar-refractivity contribution in [3.63, 3.8) is 0 Å². The van der Waals surface area contributed by atoms with E-state index >= 15 is 0 Å². The Balaban J connectivity index is 1.61. The van der Waals surface area contributed by atoms with E-state index in [-0.39, 0.29) is 0 Å². The van der Waals surface area contributed by atoms with Crippen LogP contribution in [0, 0.1) is 0 Å². The minimum atomic E-state index is 0.382. The van der Waals surface area contributed by atoms with Crippen molar-refractivity contribution in [3.8, 4) is 0 Å². The summed E-state index contributed by atoms with van der Waals surface area (Å²) >= 11 is 5.97. The molecule has 3 rings (SSSR count). The van der Waals surface area contributed by atoms with Crippen molar-refractivity contribution in [1.29, 1.82) is 0 Å². The fourth-order valence-corrected chi connectivity index (χ4v) is 3.20. The van der Waals surface area contributed by atoms with E-state index in [2.05, 4.69) is 59.9 Å². The number of fused-ring (bicyclic) bond motifs is 1. The number of hydrogen-bond donors (Lipinski definition) is 1. The zero-order valence-corrected chi connectivity index (χ0v) is 14.2. The summed E-state index contributed by atoms with van der Waals surface area (Å²) in [6.45, 7) is 0. The molecule has 2 heteroatoms. The van der Waals surface area contributed by atoms with Gasteiger partial charge in [0.05, 0.1) is 0 Å². The third-order valence-electron chi connectivity index (χ3n) is 4.39. The number of halogens is 1. The van der Waals surface area contributed by atoms with Gasteiger partial charge in [-0.3, -0.25) is 0 Å². The maximum Gasteiger partial charge on any atom is 0.0406 e. The number of nitrogens with one attached hydrogen (secondary N) is 1. The second-order valence-corrected chi connectivity index (χ2v) is 6.40. The fraction of sp³-hybridized carbons (Fsp3) is 0.238. The largest absolute Gasteiger partial charge is 0.313 e. The summed E-state index contributed by atoms with van der Waals surface area (Å²) < 4.78 is 0. The third-order valence-corrected chi connectivity index (χ3v) is 4.64. The summed E-state index contributed by atoms with van der Waals surface area (Å²) in [6.07, 6.45) is 3.38. The molecule has 0 fully saturated rings. The maximum atomic E-state index is 5.97. The van der Waals surface area contributed by atoms with E-state index < -0.39 is 0 Å². The minimum absolute atomic E-state index is 0.382.